The van der Waals surface area contributed by atoms with Gasteiger partial charge in [0.05, 0.1) is 19.3 Å². The van der Waals surface area contributed by atoms with Crippen molar-refractivity contribution in [2.45, 2.75) is 33.7 Å². The molecule has 0 spiro atoms. The molecule has 0 bridgehead atoms. The van der Waals surface area contributed by atoms with E-state index < -0.39 is 36.4 Å². The first-order chi connectivity index (χ1) is 16.2. The van der Waals surface area contributed by atoms with Crippen LogP contribution in [0.4, 0.5) is 5.69 Å². The fourth-order valence-electron chi connectivity index (χ4n) is 3.01. The summed E-state index contributed by atoms with van der Waals surface area (Å²) in [5.41, 5.74) is 1.75. The second kappa shape index (κ2) is 12.4. The normalized spacial score (nSPS) is 11.4. The van der Waals surface area contributed by atoms with Gasteiger partial charge in [0.2, 0.25) is 0 Å². The molecule has 0 aromatic heterocycles. The molecule has 2 aromatic rings. The molecule has 2 aromatic carbocycles. The topological polar surface area (TPSA) is 120 Å². The van der Waals surface area contributed by atoms with Gasteiger partial charge in [0.25, 0.3) is 11.8 Å². The van der Waals surface area contributed by atoms with Crippen molar-refractivity contribution in [1.29, 1.82) is 0 Å². The van der Waals surface area contributed by atoms with Crippen LogP contribution in [0.2, 0.25) is 0 Å². The van der Waals surface area contributed by atoms with Crippen molar-refractivity contribution in [1.82, 2.24) is 5.32 Å². The average Bonchev–Trinajstić information content (AvgIpc) is 2.82. The van der Waals surface area contributed by atoms with Crippen molar-refractivity contribution < 1.29 is 33.4 Å². The van der Waals surface area contributed by atoms with E-state index in [0.29, 0.717) is 23.6 Å². The van der Waals surface area contributed by atoms with E-state index in [-0.39, 0.29) is 11.5 Å². The smallest absolute Gasteiger partial charge is 0.337 e. The summed E-state index contributed by atoms with van der Waals surface area (Å²) in [6.45, 7) is 7.09. The predicted octanol–water partition coefficient (Wildman–Crippen LogP) is 3.12. The Kier molecular flexibility index (Phi) is 9.61. The summed E-state index contributed by atoms with van der Waals surface area (Å²) in [5.74, 6) is -1.94. The Morgan fingerprint density at radius 1 is 0.971 bits per heavy atom. The Hall–Kier alpha value is -3.88. The number of hydrogen-bond acceptors (Lipinski definition) is 7. The zero-order valence-electron chi connectivity index (χ0n) is 20.0. The van der Waals surface area contributed by atoms with Crippen molar-refractivity contribution in [3.63, 3.8) is 0 Å². The van der Waals surface area contributed by atoms with Crippen LogP contribution in [-0.2, 0) is 19.1 Å². The van der Waals surface area contributed by atoms with Gasteiger partial charge in [-0.2, -0.15) is 0 Å². The van der Waals surface area contributed by atoms with Crippen LogP contribution in [0.15, 0.2) is 42.5 Å². The first kappa shape index (κ1) is 26.4. The van der Waals surface area contributed by atoms with Crippen LogP contribution in [0.25, 0.3) is 0 Å². The second-order valence-electron chi connectivity index (χ2n) is 7.83. The number of anilines is 1. The fourth-order valence-corrected chi connectivity index (χ4v) is 3.01. The molecular formula is C25H30N2O7. The van der Waals surface area contributed by atoms with Gasteiger partial charge in [-0.3, -0.25) is 9.59 Å². The largest absolute Gasteiger partial charge is 0.494 e. The maximum atomic E-state index is 12.6. The minimum absolute atomic E-state index is 0.275. The third kappa shape index (κ3) is 7.33. The van der Waals surface area contributed by atoms with Gasteiger partial charge in [0.15, 0.2) is 6.61 Å². The Morgan fingerprint density at radius 2 is 1.62 bits per heavy atom. The second-order valence-corrected chi connectivity index (χ2v) is 7.83. The van der Waals surface area contributed by atoms with Gasteiger partial charge in [0, 0.05) is 11.3 Å². The molecule has 2 rings (SSSR count). The number of carbonyl (C=O) groups is 4. The van der Waals surface area contributed by atoms with E-state index in [4.69, 9.17) is 9.47 Å². The molecule has 34 heavy (non-hydrogen) atoms. The van der Waals surface area contributed by atoms with Crippen molar-refractivity contribution in [2.75, 3.05) is 25.6 Å². The third-order valence-electron chi connectivity index (χ3n) is 4.91. The molecule has 0 aliphatic heterocycles. The van der Waals surface area contributed by atoms with Crippen molar-refractivity contribution >= 4 is 29.4 Å². The van der Waals surface area contributed by atoms with Crippen LogP contribution >= 0.6 is 0 Å². The molecule has 0 radical (unpaired) electrons. The van der Waals surface area contributed by atoms with Gasteiger partial charge in [0.1, 0.15) is 11.8 Å². The SMILES string of the molecule is CCOc1ccc(C(=O)NC(C(=O)OCC(=O)Nc2cc(C(=O)OC)ccc2C)C(C)C)cc1. The Balaban J connectivity index is 1.97. The summed E-state index contributed by atoms with van der Waals surface area (Å²) in [5, 5.41) is 5.27. The average molecular weight is 471 g/mol. The van der Waals surface area contributed by atoms with Gasteiger partial charge in [-0.1, -0.05) is 19.9 Å². The Morgan fingerprint density at radius 3 is 2.21 bits per heavy atom. The molecule has 9 nitrogen and oxygen atoms in total. The monoisotopic (exact) mass is 470 g/mol. The van der Waals surface area contributed by atoms with Crippen LogP contribution in [0, 0.1) is 12.8 Å². The first-order valence-electron chi connectivity index (χ1n) is 10.8. The van der Waals surface area contributed by atoms with E-state index in [1.165, 1.54) is 13.2 Å². The summed E-state index contributed by atoms with van der Waals surface area (Å²) >= 11 is 0. The van der Waals surface area contributed by atoms with Crippen LogP contribution in [0.3, 0.4) is 0 Å². The maximum absolute atomic E-state index is 12.6. The minimum atomic E-state index is -0.948. The zero-order chi connectivity index (χ0) is 25.3. The van der Waals surface area contributed by atoms with Crippen LogP contribution in [0.5, 0.6) is 5.75 Å². The lowest BCUT2D eigenvalue weighted by atomic mass is 10.0. The Bertz CT molecular complexity index is 1030. The zero-order valence-corrected chi connectivity index (χ0v) is 20.0. The molecule has 1 atom stereocenters. The summed E-state index contributed by atoms with van der Waals surface area (Å²) in [6.07, 6.45) is 0. The van der Waals surface area contributed by atoms with E-state index in [1.54, 1.807) is 57.2 Å². The first-order valence-corrected chi connectivity index (χ1v) is 10.8. The van der Waals surface area contributed by atoms with Crippen LogP contribution in [0.1, 0.15) is 47.1 Å². The van der Waals surface area contributed by atoms with E-state index in [0.717, 1.165) is 5.56 Å². The highest BCUT2D eigenvalue weighted by Gasteiger charge is 2.27. The highest BCUT2D eigenvalue weighted by Crippen LogP contribution is 2.18. The number of esters is 2. The molecule has 0 aliphatic rings. The molecule has 0 saturated heterocycles. The van der Waals surface area contributed by atoms with E-state index in [9.17, 15) is 19.2 Å². The molecule has 2 N–H and O–H groups in total. The lowest BCUT2D eigenvalue weighted by Crippen LogP contribution is -2.45. The summed E-state index contributed by atoms with van der Waals surface area (Å²) in [7, 11) is 1.26. The minimum Gasteiger partial charge on any atom is -0.494 e. The molecule has 0 aliphatic carbocycles. The van der Waals surface area contributed by atoms with Gasteiger partial charge in [-0.05, 0) is 61.7 Å². The summed E-state index contributed by atoms with van der Waals surface area (Å²) < 4.78 is 15.2. The quantitative estimate of drug-likeness (QED) is 0.512. The summed E-state index contributed by atoms with van der Waals surface area (Å²) in [4.78, 5) is 49.2. The number of aryl methyl sites for hydroxylation is 1. The number of benzene rings is 2. The number of rotatable bonds is 10. The summed E-state index contributed by atoms with van der Waals surface area (Å²) in [6, 6.07) is 10.3. The lowest BCUT2D eigenvalue weighted by molar-refractivity contribution is -0.150. The van der Waals surface area contributed by atoms with Gasteiger partial charge in [-0.15, -0.1) is 0 Å². The van der Waals surface area contributed by atoms with Crippen molar-refractivity contribution in [3.8, 4) is 5.75 Å². The van der Waals surface area contributed by atoms with Gasteiger partial charge in [-0.25, -0.2) is 9.59 Å². The third-order valence-corrected chi connectivity index (χ3v) is 4.91. The highest BCUT2D eigenvalue weighted by atomic mass is 16.5. The number of ether oxygens (including phenoxy) is 3. The van der Waals surface area contributed by atoms with Crippen molar-refractivity contribution in [3.05, 3.63) is 59.2 Å². The van der Waals surface area contributed by atoms with Crippen molar-refractivity contribution in [2.24, 2.45) is 5.92 Å². The van der Waals surface area contributed by atoms with E-state index in [2.05, 4.69) is 15.4 Å². The molecule has 0 heterocycles. The number of nitrogens with one attached hydrogen (secondary N) is 2. The van der Waals surface area contributed by atoms with E-state index >= 15 is 0 Å². The number of methoxy groups -OCH3 is 1. The molecule has 0 fully saturated rings. The van der Waals surface area contributed by atoms with Gasteiger partial charge < -0.3 is 24.8 Å². The molecule has 1 unspecified atom stereocenters. The molecule has 182 valence electrons. The number of carbonyl (C=O) groups excluding carboxylic acids is 4. The molecule has 0 saturated carbocycles. The predicted molar refractivity (Wildman–Crippen MR) is 126 cm³/mol. The number of amides is 2. The lowest BCUT2D eigenvalue weighted by Gasteiger charge is -2.21. The maximum Gasteiger partial charge on any atom is 0.337 e. The highest BCUT2D eigenvalue weighted by molar-refractivity contribution is 5.98. The Labute approximate surface area is 198 Å². The number of hydrogen-bond donors (Lipinski definition) is 2. The molecule has 2 amide bonds. The van der Waals surface area contributed by atoms with Gasteiger partial charge >= 0.3 is 11.9 Å². The standard InChI is InChI=1S/C25H30N2O7/c1-6-33-19-11-9-17(10-12-19)23(29)27-22(15(2)3)25(31)34-14-21(28)26-20-13-18(24(30)32-5)8-7-16(20)4/h7-13,15,22H,6,14H2,1-5H3,(H,26,28)(H,27,29). The molecular weight excluding hydrogens is 440 g/mol. The van der Waals surface area contributed by atoms with Crippen LogP contribution in [-0.4, -0.2) is 50.1 Å². The van der Waals surface area contributed by atoms with E-state index in [1.807, 2.05) is 6.92 Å². The molecule has 9 heteroatoms. The van der Waals surface area contributed by atoms with Crippen LogP contribution < -0.4 is 15.4 Å². The fraction of sp³-hybridized carbons (Fsp3) is 0.360.